The smallest absolute Gasteiger partial charge is 0.409 e. The van der Waals surface area contributed by atoms with E-state index >= 15 is 0 Å². The van der Waals surface area contributed by atoms with E-state index in [1.165, 1.54) is 9.80 Å². The van der Waals surface area contributed by atoms with E-state index in [9.17, 15) is 23.8 Å². The third kappa shape index (κ3) is 9.12. The van der Waals surface area contributed by atoms with E-state index in [0.29, 0.717) is 17.9 Å². The number of anilines is 1. The molecule has 1 fully saturated rings. The average Bonchev–Trinajstić information content (AvgIpc) is 3.04. The topological polar surface area (TPSA) is 150 Å². The molecule has 0 aliphatic carbocycles. The first-order valence-corrected chi connectivity index (χ1v) is 16.3. The van der Waals surface area contributed by atoms with Crippen LogP contribution in [0.2, 0.25) is 0 Å². The van der Waals surface area contributed by atoms with Crippen LogP contribution in [-0.4, -0.2) is 89.2 Å². The van der Waals surface area contributed by atoms with Gasteiger partial charge in [0.15, 0.2) is 0 Å². The van der Waals surface area contributed by atoms with Crippen molar-refractivity contribution >= 4 is 31.2 Å². The van der Waals surface area contributed by atoms with Crippen molar-refractivity contribution in [1.29, 1.82) is 0 Å². The van der Waals surface area contributed by atoms with Crippen LogP contribution in [0.5, 0.6) is 0 Å². The minimum atomic E-state index is -4.23. The highest BCUT2D eigenvalue weighted by molar-refractivity contribution is 7.52. The second-order valence-corrected chi connectivity index (χ2v) is 12.0. The standard InChI is InChI=1S/C31H38N5O7P/c1-3-42-31(39)36-17-15-35(16-18-36)30(38)28(22-44(40,41)43-4-2)34-29(37)27-20-25(32-21-23-11-7-5-8-12-23)19-26(33-27)24-13-9-6-10-14-24/h5-14,19-20,28H,3-4,15-18,21-22H2,1-2H3,(H,32,33)(H,34,37)(H,40,41)/t28-/m0/s1. The third-order valence-electron chi connectivity index (χ3n) is 6.93. The van der Waals surface area contributed by atoms with Crippen LogP contribution < -0.4 is 10.6 Å². The minimum absolute atomic E-state index is 0.0241. The second kappa shape index (κ2) is 15.5. The summed E-state index contributed by atoms with van der Waals surface area (Å²) in [5, 5.41) is 5.97. The van der Waals surface area contributed by atoms with Gasteiger partial charge in [0.2, 0.25) is 5.91 Å². The zero-order valence-electron chi connectivity index (χ0n) is 24.8. The number of hydrogen-bond acceptors (Lipinski definition) is 8. The Kier molecular flexibility index (Phi) is 11.5. The molecule has 12 nitrogen and oxygen atoms in total. The van der Waals surface area contributed by atoms with E-state index in [1.54, 1.807) is 19.9 Å². The summed E-state index contributed by atoms with van der Waals surface area (Å²) in [5.74, 6) is -1.25. The monoisotopic (exact) mass is 623 g/mol. The van der Waals surface area contributed by atoms with E-state index in [4.69, 9.17) is 9.26 Å². The van der Waals surface area contributed by atoms with Gasteiger partial charge in [0, 0.05) is 44.0 Å². The number of benzene rings is 2. The summed E-state index contributed by atoms with van der Waals surface area (Å²) in [4.78, 5) is 57.3. The Balaban J connectivity index is 1.57. The van der Waals surface area contributed by atoms with Gasteiger partial charge in [0.1, 0.15) is 11.7 Å². The van der Waals surface area contributed by atoms with E-state index in [0.717, 1.165) is 11.1 Å². The second-order valence-electron chi connectivity index (χ2n) is 10.1. The van der Waals surface area contributed by atoms with Gasteiger partial charge in [-0.1, -0.05) is 60.7 Å². The molecule has 0 saturated carbocycles. The van der Waals surface area contributed by atoms with Crippen molar-refractivity contribution in [3.8, 4) is 11.3 Å². The van der Waals surface area contributed by atoms with Crippen molar-refractivity contribution in [2.45, 2.75) is 26.4 Å². The molecule has 1 unspecified atom stereocenters. The number of amides is 3. The number of rotatable bonds is 12. The number of ether oxygens (including phenoxy) is 1. The Morgan fingerprint density at radius 2 is 1.57 bits per heavy atom. The molecule has 1 aliphatic rings. The summed E-state index contributed by atoms with van der Waals surface area (Å²) < 4.78 is 22.8. The molecule has 3 aromatic rings. The van der Waals surface area contributed by atoms with Crippen molar-refractivity contribution in [3.05, 3.63) is 84.1 Å². The quantitative estimate of drug-likeness (QED) is 0.255. The normalized spacial score (nSPS) is 15.2. The molecular weight excluding hydrogens is 585 g/mol. The van der Waals surface area contributed by atoms with Crippen molar-refractivity contribution in [2.75, 3.05) is 50.9 Å². The molecule has 44 heavy (non-hydrogen) atoms. The molecule has 1 saturated heterocycles. The lowest BCUT2D eigenvalue weighted by atomic mass is 10.1. The summed E-state index contributed by atoms with van der Waals surface area (Å²) in [6.07, 6.45) is -1.09. The summed E-state index contributed by atoms with van der Waals surface area (Å²) in [7, 11) is -4.23. The Labute approximate surface area is 256 Å². The van der Waals surface area contributed by atoms with Gasteiger partial charge in [-0.15, -0.1) is 0 Å². The third-order valence-corrected chi connectivity index (χ3v) is 8.42. The summed E-state index contributed by atoms with van der Waals surface area (Å²) in [5.41, 5.74) is 3.02. The molecule has 2 atom stereocenters. The van der Waals surface area contributed by atoms with Crippen LogP contribution in [0.1, 0.15) is 29.9 Å². The first-order chi connectivity index (χ1) is 21.2. The maximum absolute atomic E-state index is 13.7. The Morgan fingerprint density at radius 1 is 0.932 bits per heavy atom. The van der Waals surface area contributed by atoms with Gasteiger partial charge in [0.25, 0.3) is 5.91 Å². The molecule has 0 bridgehead atoms. The van der Waals surface area contributed by atoms with E-state index in [1.807, 2.05) is 66.7 Å². The number of hydrogen-bond donors (Lipinski definition) is 3. The zero-order chi connectivity index (χ0) is 31.5. The van der Waals surface area contributed by atoms with E-state index in [2.05, 4.69) is 15.6 Å². The molecule has 3 amide bonds. The molecule has 4 rings (SSSR count). The number of carbonyl (C=O) groups excluding carboxylic acids is 3. The lowest BCUT2D eigenvalue weighted by molar-refractivity contribution is -0.134. The van der Waals surface area contributed by atoms with Crippen LogP contribution in [-0.2, 0) is 25.2 Å². The number of nitrogens with one attached hydrogen (secondary N) is 2. The molecule has 13 heteroatoms. The molecule has 2 heterocycles. The van der Waals surface area contributed by atoms with Gasteiger partial charge in [0.05, 0.1) is 25.1 Å². The van der Waals surface area contributed by atoms with Crippen molar-refractivity contribution in [1.82, 2.24) is 20.1 Å². The van der Waals surface area contributed by atoms with Gasteiger partial charge < -0.3 is 34.6 Å². The van der Waals surface area contributed by atoms with Crippen LogP contribution in [0.15, 0.2) is 72.8 Å². The van der Waals surface area contributed by atoms with E-state index < -0.39 is 37.7 Å². The fraction of sp³-hybridized carbons (Fsp3) is 0.355. The molecular formula is C31H38N5O7P. The predicted molar refractivity (Wildman–Crippen MR) is 166 cm³/mol. The number of pyridine rings is 1. The predicted octanol–water partition coefficient (Wildman–Crippen LogP) is 3.98. The lowest BCUT2D eigenvalue weighted by Gasteiger charge is -2.36. The highest BCUT2D eigenvalue weighted by Crippen LogP contribution is 2.42. The maximum Gasteiger partial charge on any atom is 0.409 e. The van der Waals surface area contributed by atoms with Gasteiger partial charge in [-0.05, 0) is 31.5 Å². The van der Waals surface area contributed by atoms with E-state index in [-0.39, 0.29) is 45.1 Å². The average molecular weight is 624 g/mol. The molecule has 234 valence electrons. The number of nitrogens with zero attached hydrogens (tertiary/aromatic N) is 3. The SMILES string of the molecule is CCOC(=O)N1CCN(C(=O)[C@H](CP(=O)(O)OCC)NC(=O)c2cc(NCc3ccccc3)cc(-c3ccccc3)n2)CC1. The fourth-order valence-corrected chi connectivity index (χ4v) is 5.97. The Morgan fingerprint density at radius 3 is 2.20 bits per heavy atom. The van der Waals surface area contributed by atoms with Gasteiger partial charge >= 0.3 is 13.7 Å². The maximum atomic E-state index is 13.7. The van der Waals surface area contributed by atoms with Crippen molar-refractivity contribution in [3.63, 3.8) is 0 Å². The number of carbonyl (C=O) groups is 3. The molecule has 1 aromatic heterocycles. The van der Waals surface area contributed by atoms with Crippen LogP contribution >= 0.6 is 7.60 Å². The Bertz CT molecular complexity index is 1470. The number of piperazine rings is 1. The van der Waals surface area contributed by atoms with Crippen LogP contribution in [0.3, 0.4) is 0 Å². The largest absolute Gasteiger partial charge is 0.450 e. The highest BCUT2D eigenvalue weighted by Gasteiger charge is 2.36. The zero-order valence-corrected chi connectivity index (χ0v) is 25.7. The van der Waals surface area contributed by atoms with Crippen LogP contribution in [0.4, 0.5) is 10.5 Å². The molecule has 1 aliphatic heterocycles. The fourth-order valence-electron chi connectivity index (χ4n) is 4.75. The minimum Gasteiger partial charge on any atom is -0.450 e. The Hall–Kier alpha value is -4.25. The first-order valence-electron chi connectivity index (χ1n) is 14.5. The summed E-state index contributed by atoms with van der Waals surface area (Å²) >= 11 is 0. The van der Waals surface area contributed by atoms with Gasteiger partial charge in [-0.2, -0.15) is 0 Å². The lowest BCUT2D eigenvalue weighted by Crippen LogP contribution is -2.56. The first kappa shape index (κ1) is 32.7. The van der Waals surface area contributed by atoms with Crippen LogP contribution in [0, 0.1) is 0 Å². The molecule has 2 aromatic carbocycles. The van der Waals surface area contributed by atoms with Crippen LogP contribution in [0.25, 0.3) is 11.3 Å². The molecule has 0 spiro atoms. The highest BCUT2D eigenvalue weighted by atomic mass is 31.2. The summed E-state index contributed by atoms with van der Waals surface area (Å²) in [6.45, 7) is 4.76. The number of aromatic nitrogens is 1. The van der Waals surface area contributed by atoms with Gasteiger partial charge in [-0.25, -0.2) is 9.78 Å². The summed E-state index contributed by atoms with van der Waals surface area (Å²) in [6, 6.07) is 21.2. The van der Waals surface area contributed by atoms with Gasteiger partial charge in [-0.3, -0.25) is 14.2 Å². The van der Waals surface area contributed by atoms with Crippen molar-refractivity contribution < 1.29 is 33.1 Å². The molecule has 0 radical (unpaired) electrons. The molecule has 3 N–H and O–H groups in total. The van der Waals surface area contributed by atoms with Crippen molar-refractivity contribution in [2.24, 2.45) is 0 Å².